The van der Waals surface area contributed by atoms with Gasteiger partial charge in [-0.05, 0) is 36.8 Å². The van der Waals surface area contributed by atoms with Crippen LogP contribution in [0.5, 0.6) is 0 Å². The lowest BCUT2D eigenvalue weighted by Crippen LogP contribution is -2.30. The fraction of sp³-hybridized carbons (Fsp3) is 0.211. The van der Waals surface area contributed by atoms with Crippen molar-refractivity contribution in [2.75, 3.05) is 11.9 Å². The van der Waals surface area contributed by atoms with E-state index in [0.29, 0.717) is 5.02 Å². The molecule has 0 aliphatic carbocycles. The molecule has 0 aliphatic rings. The summed E-state index contributed by atoms with van der Waals surface area (Å²) in [5.41, 5.74) is 0.170. The summed E-state index contributed by atoms with van der Waals surface area (Å²) in [6.45, 7) is 1.71. The molecule has 2 N–H and O–H groups in total. The van der Waals surface area contributed by atoms with Crippen molar-refractivity contribution < 1.29 is 18.0 Å². The Morgan fingerprint density at radius 2 is 2.00 bits per heavy atom. The van der Waals surface area contributed by atoms with E-state index in [2.05, 4.69) is 20.7 Å². The van der Waals surface area contributed by atoms with Crippen molar-refractivity contribution >= 4 is 23.2 Å². The molecular formula is C19H17ClF3N5O. The number of hydrogen-bond acceptors (Lipinski definition) is 4. The summed E-state index contributed by atoms with van der Waals surface area (Å²) in [5, 5.41) is 9.98. The van der Waals surface area contributed by atoms with Crippen molar-refractivity contribution in [2.24, 2.45) is 0 Å². The van der Waals surface area contributed by atoms with Gasteiger partial charge in [-0.15, -0.1) is 0 Å². The lowest BCUT2D eigenvalue weighted by atomic mass is 10.1. The molecule has 0 unspecified atom stereocenters. The molecule has 0 fully saturated rings. The second-order valence-electron chi connectivity index (χ2n) is 6.24. The molecule has 0 aliphatic heterocycles. The number of hydrogen-bond donors (Lipinski definition) is 2. The minimum Gasteiger partial charge on any atom is -0.323 e. The average Bonchev–Trinajstić information content (AvgIpc) is 3.20. The van der Waals surface area contributed by atoms with Gasteiger partial charge in [0.15, 0.2) is 0 Å². The van der Waals surface area contributed by atoms with E-state index >= 15 is 0 Å². The van der Waals surface area contributed by atoms with Crippen LogP contribution in [0.3, 0.4) is 0 Å². The molecule has 10 heteroatoms. The summed E-state index contributed by atoms with van der Waals surface area (Å²) in [6.07, 6.45) is -1.97. The van der Waals surface area contributed by atoms with Crippen molar-refractivity contribution in [1.29, 1.82) is 0 Å². The summed E-state index contributed by atoms with van der Waals surface area (Å²) in [5.74, 6) is -0.510. The zero-order valence-electron chi connectivity index (χ0n) is 15.2. The van der Waals surface area contributed by atoms with Gasteiger partial charge in [-0.25, -0.2) is 9.67 Å². The predicted molar refractivity (Wildman–Crippen MR) is 103 cm³/mol. The van der Waals surface area contributed by atoms with Crippen LogP contribution < -0.4 is 10.6 Å². The van der Waals surface area contributed by atoms with Gasteiger partial charge >= 0.3 is 6.18 Å². The van der Waals surface area contributed by atoms with E-state index in [0.717, 1.165) is 17.7 Å². The molecular weight excluding hydrogens is 407 g/mol. The number of halogens is 4. The average molecular weight is 424 g/mol. The molecule has 1 heterocycles. The Bertz CT molecular complexity index is 992. The summed E-state index contributed by atoms with van der Waals surface area (Å²) in [7, 11) is 0. The number of carbonyl (C=O) groups excluding carboxylic acids is 1. The highest BCUT2D eigenvalue weighted by molar-refractivity contribution is 6.31. The van der Waals surface area contributed by atoms with E-state index in [4.69, 9.17) is 11.6 Å². The first-order valence-electron chi connectivity index (χ1n) is 8.59. The number of alkyl halides is 3. The van der Waals surface area contributed by atoms with Crippen LogP contribution in [-0.4, -0.2) is 27.2 Å². The first-order valence-corrected chi connectivity index (χ1v) is 8.97. The highest BCUT2D eigenvalue weighted by atomic mass is 35.5. The second kappa shape index (κ2) is 8.62. The van der Waals surface area contributed by atoms with Gasteiger partial charge < -0.3 is 10.6 Å². The highest BCUT2D eigenvalue weighted by Crippen LogP contribution is 2.33. The summed E-state index contributed by atoms with van der Waals surface area (Å²) >= 11 is 6.14. The van der Waals surface area contributed by atoms with Gasteiger partial charge in [-0.2, -0.15) is 18.3 Å². The van der Waals surface area contributed by atoms with Crippen LogP contribution in [0.4, 0.5) is 18.9 Å². The number of amides is 1. The number of benzene rings is 2. The third-order valence-electron chi connectivity index (χ3n) is 4.20. The molecule has 0 radical (unpaired) electrons. The molecule has 0 spiro atoms. The van der Waals surface area contributed by atoms with Crippen LogP contribution in [-0.2, 0) is 11.0 Å². The normalized spacial score (nSPS) is 12.6. The Morgan fingerprint density at radius 1 is 1.24 bits per heavy atom. The lowest BCUT2D eigenvalue weighted by molar-refractivity contribution is -0.137. The third kappa shape index (κ3) is 5.12. The Kier molecular flexibility index (Phi) is 6.19. The first-order chi connectivity index (χ1) is 13.8. The second-order valence-corrected chi connectivity index (χ2v) is 6.65. The van der Waals surface area contributed by atoms with Crippen molar-refractivity contribution in [3.8, 4) is 5.69 Å². The Labute approximate surface area is 169 Å². The number of nitrogens with zero attached hydrogens (tertiary/aromatic N) is 3. The van der Waals surface area contributed by atoms with Gasteiger partial charge in [-0.1, -0.05) is 29.8 Å². The van der Waals surface area contributed by atoms with Crippen molar-refractivity contribution in [2.45, 2.75) is 19.1 Å². The summed E-state index contributed by atoms with van der Waals surface area (Å²) in [6, 6.07) is 9.97. The van der Waals surface area contributed by atoms with Crippen molar-refractivity contribution in [3.63, 3.8) is 0 Å². The molecule has 1 atom stereocenters. The number of aromatic nitrogens is 3. The zero-order valence-corrected chi connectivity index (χ0v) is 16.0. The van der Waals surface area contributed by atoms with Gasteiger partial charge in [0.05, 0.1) is 23.5 Å². The molecule has 1 amide bonds. The number of rotatable bonds is 6. The Balaban J connectivity index is 1.76. The maximum Gasteiger partial charge on any atom is 0.416 e. The van der Waals surface area contributed by atoms with Gasteiger partial charge in [0.1, 0.15) is 12.7 Å². The number of carbonyl (C=O) groups is 1. The number of anilines is 1. The fourth-order valence-corrected chi connectivity index (χ4v) is 3.02. The van der Waals surface area contributed by atoms with Gasteiger partial charge in [0.25, 0.3) is 0 Å². The van der Waals surface area contributed by atoms with Crippen LogP contribution in [0.25, 0.3) is 5.69 Å². The standard InChI is InChI=1S/C19H17ClF3N5O/c1-12(14-4-2-3-5-15(14)20)25-9-18(29)27-16-8-13(19(21,22)23)6-7-17(16)28-11-24-10-26-28/h2-8,10-12,25H,9H2,1H3,(H,27,29)/t12-/m1/s1. The van der Waals surface area contributed by atoms with Crippen LogP contribution in [0.2, 0.25) is 5.02 Å². The summed E-state index contributed by atoms with van der Waals surface area (Å²) in [4.78, 5) is 16.2. The molecule has 3 rings (SSSR count). The minimum atomic E-state index is -4.54. The predicted octanol–water partition coefficient (Wildman–Crippen LogP) is 4.23. The number of nitrogens with one attached hydrogen (secondary N) is 2. The largest absolute Gasteiger partial charge is 0.416 e. The summed E-state index contributed by atoms with van der Waals surface area (Å²) < 4.78 is 40.5. The van der Waals surface area contributed by atoms with Gasteiger partial charge in [-0.3, -0.25) is 4.79 Å². The Morgan fingerprint density at radius 3 is 2.66 bits per heavy atom. The molecule has 1 aromatic heterocycles. The van der Waals surface area contributed by atoms with E-state index < -0.39 is 17.6 Å². The fourth-order valence-electron chi connectivity index (χ4n) is 2.72. The Hall–Kier alpha value is -2.91. The molecule has 0 saturated heterocycles. The topological polar surface area (TPSA) is 71.8 Å². The molecule has 3 aromatic rings. The van der Waals surface area contributed by atoms with E-state index in [9.17, 15) is 18.0 Å². The van der Waals surface area contributed by atoms with E-state index in [1.54, 1.807) is 12.1 Å². The maximum atomic E-state index is 13.1. The van der Waals surface area contributed by atoms with E-state index in [-0.39, 0.29) is 24.0 Å². The maximum absolute atomic E-state index is 13.1. The van der Waals surface area contributed by atoms with Gasteiger partial charge in [0.2, 0.25) is 5.91 Å². The van der Waals surface area contributed by atoms with E-state index in [1.807, 2.05) is 19.1 Å². The van der Waals surface area contributed by atoms with Crippen molar-refractivity contribution in [1.82, 2.24) is 20.1 Å². The van der Waals surface area contributed by atoms with Crippen LogP contribution in [0.1, 0.15) is 24.1 Å². The van der Waals surface area contributed by atoms with E-state index in [1.165, 1.54) is 23.4 Å². The molecule has 2 aromatic carbocycles. The van der Waals surface area contributed by atoms with Crippen LogP contribution in [0, 0.1) is 0 Å². The van der Waals surface area contributed by atoms with Crippen molar-refractivity contribution in [3.05, 3.63) is 71.3 Å². The highest BCUT2D eigenvalue weighted by Gasteiger charge is 2.31. The monoisotopic (exact) mass is 423 g/mol. The molecule has 152 valence electrons. The molecule has 29 heavy (non-hydrogen) atoms. The quantitative estimate of drug-likeness (QED) is 0.622. The third-order valence-corrected chi connectivity index (χ3v) is 4.55. The molecule has 0 bridgehead atoms. The SMILES string of the molecule is C[C@@H](NCC(=O)Nc1cc(C(F)(F)F)ccc1-n1cncn1)c1ccccc1Cl. The van der Waals surface area contributed by atoms with Gasteiger partial charge in [0, 0.05) is 11.1 Å². The molecule has 0 saturated carbocycles. The first kappa shape index (κ1) is 20.8. The smallest absolute Gasteiger partial charge is 0.323 e. The molecule has 6 nitrogen and oxygen atoms in total. The minimum absolute atomic E-state index is 0.0254. The van der Waals surface area contributed by atoms with Crippen LogP contribution >= 0.6 is 11.6 Å². The zero-order chi connectivity index (χ0) is 21.0. The van der Waals surface area contributed by atoms with Crippen LogP contribution in [0.15, 0.2) is 55.1 Å². The lowest BCUT2D eigenvalue weighted by Gasteiger charge is -2.17.